The van der Waals surface area contributed by atoms with Gasteiger partial charge >= 0.3 is 0 Å². The van der Waals surface area contributed by atoms with Crippen LogP contribution in [0.3, 0.4) is 0 Å². The molecule has 22 heavy (non-hydrogen) atoms. The largest absolute Gasteiger partial charge is 0.352 e. The highest BCUT2D eigenvalue weighted by molar-refractivity contribution is 5.86. The van der Waals surface area contributed by atoms with E-state index in [-0.39, 0.29) is 0 Å². The van der Waals surface area contributed by atoms with Gasteiger partial charge in [0.25, 0.3) is 0 Å². The van der Waals surface area contributed by atoms with Gasteiger partial charge in [-0.05, 0) is 6.92 Å². The lowest BCUT2D eigenvalue weighted by Gasteiger charge is -2.45. The Hall–Kier alpha value is -2.77. The smallest absolute Gasteiger partial charge is 0.160 e. The van der Waals surface area contributed by atoms with Crippen LogP contribution in [0, 0.1) is 6.92 Å². The molecule has 8 heteroatoms. The summed E-state index contributed by atoms with van der Waals surface area (Å²) >= 11 is 0. The Kier molecular flexibility index (Phi) is 2.88. The Bertz CT molecular complexity index is 807. The lowest BCUT2D eigenvalue weighted by atomic mass is 10.1. The molecule has 0 spiro atoms. The average molecular weight is 296 g/mol. The van der Waals surface area contributed by atoms with Gasteiger partial charge in [-0.3, -0.25) is 5.10 Å². The van der Waals surface area contributed by atoms with Gasteiger partial charge in [0.2, 0.25) is 0 Å². The second-order valence-corrected chi connectivity index (χ2v) is 5.53. The van der Waals surface area contributed by atoms with Crippen LogP contribution in [0.5, 0.6) is 0 Å². The third-order valence-corrected chi connectivity index (χ3v) is 4.14. The number of aryl methyl sites for hydroxylation is 1. The van der Waals surface area contributed by atoms with Gasteiger partial charge < -0.3 is 9.80 Å². The summed E-state index contributed by atoms with van der Waals surface area (Å²) in [6.07, 6.45) is 6.78. The Morgan fingerprint density at radius 2 is 2.05 bits per heavy atom. The average Bonchev–Trinajstić information content (AvgIpc) is 2.95. The van der Waals surface area contributed by atoms with Crippen molar-refractivity contribution in [2.75, 3.05) is 29.9 Å². The molecule has 1 aliphatic rings. The number of anilines is 2. The number of hydrogen-bond acceptors (Lipinski definition) is 7. The van der Waals surface area contributed by atoms with E-state index in [1.807, 2.05) is 13.1 Å². The Balaban J connectivity index is 1.53. The van der Waals surface area contributed by atoms with Crippen molar-refractivity contribution in [3.8, 4) is 0 Å². The normalized spacial score (nSPS) is 15.1. The van der Waals surface area contributed by atoms with E-state index < -0.39 is 0 Å². The van der Waals surface area contributed by atoms with E-state index in [4.69, 9.17) is 0 Å². The van der Waals surface area contributed by atoms with Crippen molar-refractivity contribution in [3.63, 3.8) is 0 Å². The monoisotopic (exact) mass is 296 g/mol. The summed E-state index contributed by atoms with van der Waals surface area (Å²) in [7, 11) is 2.06. The van der Waals surface area contributed by atoms with E-state index in [9.17, 15) is 0 Å². The molecule has 1 N–H and O–H groups in total. The molecule has 112 valence electrons. The summed E-state index contributed by atoms with van der Waals surface area (Å²) < 4.78 is 0. The van der Waals surface area contributed by atoms with Gasteiger partial charge in [0.1, 0.15) is 24.3 Å². The summed E-state index contributed by atoms with van der Waals surface area (Å²) in [5.74, 6) is 1.92. The molecular formula is C14H16N8. The standard InChI is InChI=1S/C14H16N8/c1-9-3-15-7-17-13(9)22-5-10(6-22)21(2)14-11-4-19-20-12(11)16-8-18-14/h3-4,7-8,10H,5-6H2,1-2H3,(H,16,18,19,20). The van der Waals surface area contributed by atoms with E-state index >= 15 is 0 Å². The van der Waals surface area contributed by atoms with E-state index in [0.29, 0.717) is 6.04 Å². The minimum Gasteiger partial charge on any atom is -0.352 e. The number of hydrogen-bond donors (Lipinski definition) is 1. The molecule has 4 rings (SSSR count). The number of fused-ring (bicyclic) bond motifs is 1. The number of nitrogens with one attached hydrogen (secondary N) is 1. The maximum Gasteiger partial charge on any atom is 0.160 e. The van der Waals surface area contributed by atoms with Gasteiger partial charge in [-0.15, -0.1) is 0 Å². The molecule has 0 aliphatic carbocycles. The first-order valence-electron chi connectivity index (χ1n) is 7.12. The Morgan fingerprint density at radius 1 is 1.18 bits per heavy atom. The van der Waals surface area contributed by atoms with E-state index in [0.717, 1.165) is 41.3 Å². The molecule has 1 fully saturated rings. The van der Waals surface area contributed by atoms with Crippen molar-refractivity contribution in [1.82, 2.24) is 30.1 Å². The summed E-state index contributed by atoms with van der Waals surface area (Å²) in [5, 5.41) is 7.86. The third-order valence-electron chi connectivity index (χ3n) is 4.14. The fraction of sp³-hybridized carbons (Fsp3) is 0.357. The number of aromatic amines is 1. The molecule has 0 radical (unpaired) electrons. The minimum atomic E-state index is 0.391. The molecule has 0 unspecified atom stereocenters. The molecule has 4 heterocycles. The predicted octanol–water partition coefficient (Wildman–Crippen LogP) is 0.776. The summed E-state index contributed by atoms with van der Waals surface area (Å²) in [5.41, 5.74) is 1.86. The minimum absolute atomic E-state index is 0.391. The van der Waals surface area contributed by atoms with Crippen LogP contribution in [0.15, 0.2) is 25.0 Å². The molecule has 0 saturated carbocycles. The van der Waals surface area contributed by atoms with Crippen molar-refractivity contribution in [2.24, 2.45) is 0 Å². The highest BCUT2D eigenvalue weighted by Gasteiger charge is 2.33. The first-order chi connectivity index (χ1) is 10.7. The lowest BCUT2D eigenvalue weighted by Crippen LogP contribution is -2.59. The fourth-order valence-corrected chi connectivity index (χ4v) is 2.80. The summed E-state index contributed by atoms with van der Waals surface area (Å²) in [4.78, 5) is 21.4. The zero-order valence-corrected chi connectivity index (χ0v) is 12.4. The van der Waals surface area contributed by atoms with Gasteiger partial charge in [-0.25, -0.2) is 19.9 Å². The van der Waals surface area contributed by atoms with Crippen LogP contribution in [-0.4, -0.2) is 56.3 Å². The number of likely N-dealkylation sites (N-methyl/N-ethyl adjacent to an activating group) is 1. The lowest BCUT2D eigenvalue weighted by molar-refractivity contribution is 0.489. The number of nitrogens with zero attached hydrogens (tertiary/aromatic N) is 7. The molecular weight excluding hydrogens is 280 g/mol. The number of aromatic nitrogens is 6. The van der Waals surface area contributed by atoms with Crippen molar-refractivity contribution in [1.29, 1.82) is 0 Å². The van der Waals surface area contributed by atoms with Crippen molar-refractivity contribution in [3.05, 3.63) is 30.6 Å². The quantitative estimate of drug-likeness (QED) is 0.764. The van der Waals surface area contributed by atoms with Crippen LogP contribution in [0.25, 0.3) is 11.0 Å². The van der Waals surface area contributed by atoms with Gasteiger partial charge in [-0.1, -0.05) is 0 Å². The molecule has 3 aromatic rings. The topological polar surface area (TPSA) is 86.7 Å². The third kappa shape index (κ3) is 1.95. The zero-order chi connectivity index (χ0) is 15.1. The second kappa shape index (κ2) is 4.90. The SMILES string of the molecule is Cc1cncnc1N1CC(N(C)c2ncnc3[nH]ncc23)C1. The first-order valence-corrected chi connectivity index (χ1v) is 7.12. The summed E-state index contributed by atoms with van der Waals surface area (Å²) in [6.45, 7) is 3.86. The zero-order valence-electron chi connectivity index (χ0n) is 12.4. The van der Waals surface area contributed by atoms with Gasteiger partial charge in [0, 0.05) is 31.9 Å². The van der Waals surface area contributed by atoms with Crippen LogP contribution in [0.1, 0.15) is 5.56 Å². The van der Waals surface area contributed by atoms with E-state index in [1.165, 1.54) is 0 Å². The van der Waals surface area contributed by atoms with Crippen LogP contribution in [0.4, 0.5) is 11.6 Å². The highest BCUT2D eigenvalue weighted by atomic mass is 15.3. The first kappa shape index (κ1) is 12.9. The number of H-pyrrole nitrogens is 1. The molecule has 0 bridgehead atoms. The fourth-order valence-electron chi connectivity index (χ4n) is 2.80. The molecule has 1 aliphatic heterocycles. The Labute approximate surface area is 127 Å². The second-order valence-electron chi connectivity index (χ2n) is 5.53. The van der Waals surface area contributed by atoms with Crippen LogP contribution in [0.2, 0.25) is 0 Å². The van der Waals surface area contributed by atoms with E-state index in [2.05, 4.69) is 47.0 Å². The maximum absolute atomic E-state index is 4.41. The van der Waals surface area contributed by atoms with E-state index in [1.54, 1.807) is 18.9 Å². The van der Waals surface area contributed by atoms with Gasteiger partial charge in [0.15, 0.2) is 5.65 Å². The molecule has 8 nitrogen and oxygen atoms in total. The van der Waals surface area contributed by atoms with Crippen molar-refractivity contribution in [2.45, 2.75) is 13.0 Å². The van der Waals surface area contributed by atoms with Crippen molar-refractivity contribution >= 4 is 22.7 Å². The molecule has 3 aromatic heterocycles. The predicted molar refractivity (Wildman–Crippen MR) is 82.9 cm³/mol. The molecule has 0 atom stereocenters. The van der Waals surface area contributed by atoms with Gasteiger partial charge in [-0.2, -0.15) is 5.10 Å². The highest BCUT2D eigenvalue weighted by Crippen LogP contribution is 2.28. The van der Waals surface area contributed by atoms with Crippen molar-refractivity contribution < 1.29 is 0 Å². The number of rotatable bonds is 3. The summed E-state index contributed by atoms with van der Waals surface area (Å²) in [6, 6.07) is 0.391. The molecule has 1 saturated heterocycles. The molecule has 0 amide bonds. The Morgan fingerprint density at radius 3 is 2.86 bits per heavy atom. The van der Waals surface area contributed by atoms with Crippen LogP contribution >= 0.6 is 0 Å². The van der Waals surface area contributed by atoms with Crippen LogP contribution < -0.4 is 9.80 Å². The maximum atomic E-state index is 4.41. The van der Waals surface area contributed by atoms with Crippen LogP contribution in [-0.2, 0) is 0 Å². The molecule has 0 aromatic carbocycles. The van der Waals surface area contributed by atoms with Gasteiger partial charge in [0.05, 0.1) is 17.6 Å².